The fraction of sp³-hybridized carbons (Fsp3) is 0.0870. The number of fused-ring (bicyclic) bond motifs is 1. The minimum atomic E-state index is -0.404. The highest BCUT2D eigenvalue weighted by Gasteiger charge is 2.14. The van der Waals surface area contributed by atoms with E-state index in [9.17, 15) is 8.78 Å². The van der Waals surface area contributed by atoms with Crippen molar-refractivity contribution in [3.63, 3.8) is 0 Å². The van der Waals surface area contributed by atoms with Crippen LogP contribution in [0.25, 0.3) is 22.5 Å². The van der Waals surface area contributed by atoms with E-state index in [4.69, 9.17) is 11.6 Å². The Bertz CT molecular complexity index is 1420. The number of pyridine rings is 1. The standard InChI is InChI=1S/C23H16ClF2N5/c1-14-12-30(13-27-14)21-7-4-15(9-20(21)26)10-22-28-23-18(3-2-8-31(23)29-22)17-6-5-16(25)11-19(17)24/h2-9,11-13H,10H2,1H3. The van der Waals surface area contributed by atoms with Gasteiger partial charge in [-0.1, -0.05) is 17.7 Å². The van der Waals surface area contributed by atoms with Gasteiger partial charge in [-0.2, -0.15) is 5.10 Å². The number of hydrogen-bond acceptors (Lipinski definition) is 3. The van der Waals surface area contributed by atoms with Gasteiger partial charge in [0.15, 0.2) is 11.5 Å². The summed E-state index contributed by atoms with van der Waals surface area (Å²) in [7, 11) is 0. The maximum absolute atomic E-state index is 14.7. The second-order valence-corrected chi connectivity index (χ2v) is 7.63. The summed E-state index contributed by atoms with van der Waals surface area (Å²) in [5.74, 6) is -0.215. The molecular formula is C23H16ClF2N5. The minimum absolute atomic E-state index is 0.296. The first kappa shape index (κ1) is 19.4. The normalized spacial score (nSPS) is 11.4. The van der Waals surface area contributed by atoms with Crippen LogP contribution >= 0.6 is 11.6 Å². The molecule has 8 heteroatoms. The zero-order valence-electron chi connectivity index (χ0n) is 16.4. The van der Waals surface area contributed by atoms with E-state index >= 15 is 0 Å². The van der Waals surface area contributed by atoms with Gasteiger partial charge in [0.1, 0.15) is 11.6 Å². The first-order valence-corrected chi connectivity index (χ1v) is 9.95. The van der Waals surface area contributed by atoms with Crippen molar-refractivity contribution in [2.45, 2.75) is 13.3 Å². The molecule has 0 saturated carbocycles. The third-order valence-corrected chi connectivity index (χ3v) is 5.30. The third-order valence-electron chi connectivity index (χ3n) is 4.99. The zero-order chi connectivity index (χ0) is 21.5. The average Bonchev–Trinajstić information content (AvgIpc) is 3.34. The lowest BCUT2D eigenvalue weighted by atomic mass is 10.1. The smallest absolute Gasteiger partial charge is 0.163 e. The highest BCUT2D eigenvalue weighted by atomic mass is 35.5. The van der Waals surface area contributed by atoms with Crippen LogP contribution < -0.4 is 0 Å². The second-order valence-electron chi connectivity index (χ2n) is 7.23. The number of rotatable bonds is 4. The molecule has 0 atom stereocenters. The molecular weight excluding hydrogens is 420 g/mol. The summed E-state index contributed by atoms with van der Waals surface area (Å²) in [4.78, 5) is 8.76. The van der Waals surface area contributed by atoms with Crippen LogP contribution in [0.5, 0.6) is 0 Å². The Labute approximate surface area is 181 Å². The predicted molar refractivity (Wildman–Crippen MR) is 114 cm³/mol. The van der Waals surface area contributed by atoms with E-state index in [1.165, 1.54) is 18.2 Å². The molecule has 3 heterocycles. The van der Waals surface area contributed by atoms with Gasteiger partial charge in [0.2, 0.25) is 0 Å². The number of aryl methyl sites for hydroxylation is 1. The number of halogens is 3. The van der Waals surface area contributed by atoms with Crippen LogP contribution in [0.15, 0.2) is 67.3 Å². The predicted octanol–water partition coefficient (Wildman–Crippen LogP) is 5.41. The maximum atomic E-state index is 14.7. The second kappa shape index (κ2) is 7.59. The van der Waals surface area contributed by atoms with Gasteiger partial charge in [0, 0.05) is 29.9 Å². The van der Waals surface area contributed by atoms with Crippen molar-refractivity contribution < 1.29 is 8.78 Å². The van der Waals surface area contributed by atoms with Crippen molar-refractivity contribution in [1.82, 2.24) is 24.1 Å². The summed E-state index contributed by atoms with van der Waals surface area (Å²) in [6, 6.07) is 13.0. The van der Waals surface area contributed by atoms with Crippen LogP contribution in [0.4, 0.5) is 8.78 Å². The highest BCUT2D eigenvalue weighted by molar-refractivity contribution is 6.33. The van der Waals surface area contributed by atoms with Crippen LogP contribution in [0, 0.1) is 18.6 Å². The summed E-state index contributed by atoms with van der Waals surface area (Å²) in [5, 5.41) is 4.80. The van der Waals surface area contributed by atoms with Gasteiger partial charge in [0.05, 0.1) is 22.7 Å². The van der Waals surface area contributed by atoms with E-state index in [1.54, 1.807) is 39.9 Å². The van der Waals surface area contributed by atoms with Gasteiger partial charge in [-0.25, -0.2) is 23.3 Å². The Hall–Kier alpha value is -3.58. The van der Waals surface area contributed by atoms with Gasteiger partial charge >= 0.3 is 0 Å². The molecule has 5 rings (SSSR count). The lowest BCUT2D eigenvalue weighted by Crippen LogP contribution is -1.98. The van der Waals surface area contributed by atoms with E-state index in [0.717, 1.165) is 16.8 Å². The summed E-state index contributed by atoms with van der Waals surface area (Å²) < 4.78 is 31.4. The lowest BCUT2D eigenvalue weighted by molar-refractivity contribution is 0.616. The zero-order valence-corrected chi connectivity index (χ0v) is 17.2. The van der Waals surface area contributed by atoms with Crippen LogP contribution in [0.2, 0.25) is 5.02 Å². The number of hydrogen-bond donors (Lipinski definition) is 0. The van der Waals surface area contributed by atoms with E-state index in [0.29, 0.717) is 34.2 Å². The number of aromatic nitrogens is 5. The van der Waals surface area contributed by atoms with Crippen molar-refractivity contribution >= 4 is 17.2 Å². The summed E-state index contributed by atoms with van der Waals surface area (Å²) in [6.45, 7) is 1.85. The van der Waals surface area contributed by atoms with Crippen molar-refractivity contribution in [1.29, 1.82) is 0 Å². The van der Waals surface area contributed by atoms with E-state index < -0.39 is 5.82 Å². The molecule has 0 aliphatic carbocycles. The van der Waals surface area contributed by atoms with E-state index in [1.807, 2.05) is 25.1 Å². The van der Waals surface area contributed by atoms with Crippen LogP contribution in [-0.2, 0) is 6.42 Å². The Balaban J connectivity index is 1.48. The molecule has 2 aromatic carbocycles. The fourth-order valence-electron chi connectivity index (χ4n) is 3.55. The van der Waals surface area contributed by atoms with E-state index in [2.05, 4.69) is 15.1 Å². The molecule has 5 nitrogen and oxygen atoms in total. The molecule has 0 bridgehead atoms. The largest absolute Gasteiger partial charge is 0.303 e. The van der Waals surface area contributed by atoms with Crippen molar-refractivity contribution in [3.8, 4) is 16.8 Å². The number of nitrogens with zero attached hydrogens (tertiary/aromatic N) is 5. The Morgan fingerprint density at radius 2 is 1.90 bits per heavy atom. The molecule has 0 saturated heterocycles. The number of imidazole rings is 1. The van der Waals surface area contributed by atoms with Crippen molar-refractivity contribution in [2.24, 2.45) is 0 Å². The average molecular weight is 436 g/mol. The van der Waals surface area contributed by atoms with E-state index in [-0.39, 0.29) is 5.82 Å². The van der Waals surface area contributed by atoms with Crippen molar-refractivity contribution in [2.75, 3.05) is 0 Å². The molecule has 0 aliphatic heterocycles. The molecule has 0 fully saturated rings. The number of benzene rings is 2. The quantitative estimate of drug-likeness (QED) is 0.379. The Kier molecular flexibility index (Phi) is 4.75. The Morgan fingerprint density at radius 1 is 1.03 bits per heavy atom. The molecule has 0 unspecified atom stereocenters. The fourth-order valence-corrected chi connectivity index (χ4v) is 3.82. The highest BCUT2D eigenvalue weighted by Crippen LogP contribution is 2.31. The van der Waals surface area contributed by atoms with Gasteiger partial charge in [-0.3, -0.25) is 0 Å². The molecule has 0 radical (unpaired) electrons. The third kappa shape index (κ3) is 3.68. The summed E-state index contributed by atoms with van der Waals surface area (Å²) >= 11 is 6.24. The van der Waals surface area contributed by atoms with Gasteiger partial charge in [-0.15, -0.1) is 0 Å². The maximum Gasteiger partial charge on any atom is 0.163 e. The topological polar surface area (TPSA) is 48.0 Å². The SMILES string of the molecule is Cc1cn(-c2ccc(Cc3nc4c(-c5ccc(F)cc5Cl)cccn4n3)cc2F)cn1. The lowest BCUT2D eigenvalue weighted by Gasteiger charge is -2.06. The summed E-state index contributed by atoms with van der Waals surface area (Å²) in [5.41, 5.74) is 3.99. The molecule has 0 aliphatic rings. The molecule has 0 amide bonds. The molecule has 0 spiro atoms. The minimum Gasteiger partial charge on any atom is -0.303 e. The molecule has 154 valence electrons. The van der Waals surface area contributed by atoms with Crippen LogP contribution in [-0.4, -0.2) is 24.1 Å². The Morgan fingerprint density at radius 3 is 2.65 bits per heavy atom. The first-order valence-electron chi connectivity index (χ1n) is 9.57. The summed E-state index contributed by atoms with van der Waals surface area (Å²) in [6.07, 6.45) is 5.49. The monoisotopic (exact) mass is 435 g/mol. The van der Waals surface area contributed by atoms with Crippen LogP contribution in [0.1, 0.15) is 17.1 Å². The van der Waals surface area contributed by atoms with Crippen LogP contribution in [0.3, 0.4) is 0 Å². The molecule has 5 aromatic rings. The van der Waals surface area contributed by atoms with Gasteiger partial charge < -0.3 is 4.57 Å². The molecule has 31 heavy (non-hydrogen) atoms. The van der Waals surface area contributed by atoms with Crippen molar-refractivity contribution in [3.05, 3.63) is 101 Å². The van der Waals surface area contributed by atoms with Gasteiger partial charge in [0.25, 0.3) is 0 Å². The molecule has 0 N–H and O–H groups in total. The first-order chi connectivity index (χ1) is 15.0. The molecule has 3 aromatic heterocycles. The van der Waals surface area contributed by atoms with Gasteiger partial charge in [-0.05, 0) is 55.0 Å².